The third kappa shape index (κ3) is 3.87. The standard InChI is InChI=1S/C25H25ClN6O3/c1-30(2)22(27)14-5-8-16(9-6-14)32-24(34)21-19(4-3-11-31(21)25(32)35)29-23(33)15-7-10-17-18(26)13-28-20(17)12-15/h5-10,12-13,19,27-28,34H,3-4,11H2,1-2H3,(H,29,33)/t19-/m1/s1. The molecule has 1 aliphatic rings. The van der Waals surface area contributed by atoms with E-state index in [1.54, 1.807) is 67.7 Å². The summed E-state index contributed by atoms with van der Waals surface area (Å²) >= 11 is 6.13. The first-order valence-corrected chi connectivity index (χ1v) is 11.6. The van der Waals surface area contributed by atoms with Crippen LogP contribution in [0.15, 0.2) is 53.5 Å². The lowest BCUT2D eigenvalue weighted by Gasteiger charge is -2.24. The van der Waals surface area contributed by atoms with E-state index in [2.05, 4.69) is 10.3 Å². The van der Waals surface area contributed by atoms with E-state index >= 15 is 0 Å². The summed E-state index contributed by atoms with van der Waals surface area (Å²) in [7, 11) is 3.57. The highest BCUT2D eigenvalue weighted by Crippen LogP contribution is 2.33. The molecule has 1 amide bonds. The minimum absolute atomic E-state index is 0.193. The number of benzene rings is 2. The maximum Gasteiger partial charge on any atom is 0.335 e. The number of halogens is 1. The number of imidazole rings is 1. The van der Waals surface area contributed by atoms with E-state index in [-0.39, 0.29) is 17.5 Å². The van der Waals surface area contributed by atoms with Gasteiger partial charge in [-0.25, -0.2) is 9.36 Å². The Bertz CT molecular complexity index is 1510. The fourth-order valence-corrected chi connectivity index (χ4v) is 4.79. The van der Waals surface area contributed by atoms with Crippen molar-refractivity contribution in [2.45, 2.75) is 25.4 Å². The van der Waals surface area contributed by atoms with Gasteiger partial charge in [-0.15, -0.1) is 0 Å². The number of hydrogen-bond donors (Lipinski definition) is 4. The highest BCUT2D eigenvalue weighted by molar-refractivity contribution is 6.35. The van der Waals surface area contributed by atoms with E-state index in [4.69, 9.17) is 17.0 Å². The Balaban J connectivity index is 1.46. The summed E-state index contributed by atoms with van der Waals surface area (Å²) in [6, 6.07) is 11.6. The Kier molecular flexibility index (Phi) is 5.64. The van der Waals surface area contributed by atoms with Crippen LogP contribution >= 0.6 is 11.6 Å². The number of nitrogens with zero attached hydrogens (tertiary/aromatic N) is 3. The van der Waals surface area contributed by atoms with E-state index in [9.17, 15) is 14.7 Å². The number of amidine groups is 1. The number of carbonyl (C=O) groups excluding carboxylic acids is 1. The van der Waals surface area contributed by atoms with Gasteiger partial charge in [0.05, 0.1) is 16.8 Å². The van der Waals surface area contributed by atoms with Gasteiger partial charge >= 0.3 is 5.69 Å². The average Bonchev–Trinajstić information content (AvgIpc) is 3.35. The third-order valence-electron chi connectivity index (χ3n) is 6.40. The van der Waals surface area contributed by atoms with Gasteiger partial charge in [-0.05, 0) is 49.2 Å². The minimum Gasteiger partial charge on any atom is -0.493 e. The van der Waals surface area contributed by atoms with Crippen molar-refractivity contribution in [3.8, 4) is 11.6 Å². The molecule has 2 aromatic carbocycles. The number of hydrogen-bond acceptors (Lipinski definition) is 4. The van der Waals surface area contributed by atoms with E-state index in [1.807, 2.05) is 0 Å². The van der Waals surface area contributed by atoms with Gasteiger partial charge in [-0.3, -0.25) is 14.8 Å². The largest absolute Gasteiger partial charge is 0.493 e. The minimum atomic E-state index is -0.519. The van der Waals surface area contributed by atoms with Crippen molar-refractivity contribution in [1.29, 1.82) is 5.41 Å². The molecule has 0 saturated carbocycles. The predicted molar refractivity (Wildman–Crippen MR) is 135 cm³/mol. The number of carbonyl (C=O) groups is 1. The molecule has 1 aliphatic heterocycles. The predicted octanol–water partition coefficient (Wildman–Crippen LogP) is 3.63. The van der Waals surface area contributed by atoms with E-state index < -0.39 is 6.04 Å². The number of nitrogens with one attached hydrogen (secondary N) is 3. The van der Waals surface area contributed by atoms with E-state index in [0.717, 1.165) is 10.9 Å². The second-order valence-corrected chi connectivity index (χ2v) is 9.24. The van der Waals surface area contributed by atoms with Gasteiger partial charge in [-0.1, -0.05) is 17.7 Å². The number of aromatic hydroxyl groups is 1. The van der Waals surface area contributed by atoms with Crippen LogP contribution in [0.3, 0.4) is 0 Å². The number of aromatic nitrogens is 3. The lowest BCUT2D eigenvalue weighted by molar-refractivity contribution is 0.0928. The van der Waals surface area contributed by atoms with Crippen LogP contribution in [0, 0.1) is 5.41 Å². The zero-order chi connectivity index (χ0) is 24.9. The Hall–Kier alpha value is -3.98. The molecule has 0 unspecified atom stereocenters. The average molecular weight is 493 g/mol. The zero-order valence-electron chi connectivity index (χ0n) is 19.3. The molecule has 0 bridgehead atoms. The maximum absolute atomic E-state index is 13.2. The fourth-order valence-electron chi connectivity index (χ4n) is 4.57. The number of aromatic amines is 1. The highest BCUT2D eigenvalue weighted by atomic mass is 35.5. The molecule has 0 saturated heterocycles. The molecule has 1 atom stereocenters. The molecular weight excluding hydrogens is 468 g/mol. The number of fused-ring (bicyclic) bond motifs is 2. The summed E-state index contributed by atoms with van der Waals surface area (Å²) < 4.78 is 2.77. The fraction of sp³-hybridized carbons (Fsp3) is 0.240. The van der Waals surface area contributed by atoms with E-state index in [0.29, 0.717) is 52.8 Å². The summed E-state index contributed by atoms with van der Waals surface area (Å²) in [5.74, 6) is -0.156. The lowest BCUT2D eigenvalue weighted by Crippen LogP contribution is -2.35. The molecule has 0 spiro atoms. The monoisotopic (exact) mass is 492 g/mol. The summed E-state index contributed by atoms with van der Waals surface area (Å²) in [6.45, 7) is 0.456. The molecular formula is C25H25ClN6O3. The van der Waals surface area contributed by atoms with Crippen molar-refractivity contribution in [3.63, 3.8) is 0 Å². The summed E-state index contributed by atoms with van der Waals surface area (Å²) in [5.41, 5.74) is 2.42. The molecule has 0 aliphatic carbocycles. The Morgan fingerprint density at radius 2 is 1.91 bits per heavy atom. The lowest BCUT2D eigenvalue weighted by atomic mass is 10.0. The highest BCUT2D eigenvalue weighted by Gasteiger charge is 2.31. The molecule has 3 heterocycles. The van der Waals surface area contributed by atoms with Crippen molar-refractivity contribution >= 4 is 34.2 Å². The molecule has 180 valence electrons. The summed E-state index contributed by atoms with van der Waals surface area (Å²) in [5, 5.41) is 23.6. The maximum atomic E-state index is 13.2. The van der Waals surface area contributed by atoms with Crippen LogP contribution in [0.2, 0.25) is 5.02 Å². The summed E-state index contributed by atoms with van der Waals surface area (Å²) in [6.07, 6.45) is 2.95. The molecule has 5 rings (SSSR count). The van der Waals surface area contributed by atoms with Gasteiger partial charge in [0.15, 0.2) is 0 Å². The number of H-pyrrole nitrogens is 1. The van der Waals surface area contributed by atoms with Crippen LogP contribution in [0.5, 0.6) is 5.88 Å². The first-order chi connectivity index (χ1) is 16.8. The second-order valence-electron chi connectivity index (χ2n) is 8.83. The molecule has 4 N–H and O–H groups in total. The topological polar surface area (TPSA) is 119 Å². The zero-order valence-corrected chi connectivity index (χ0v) is 20.1. The molecule has 9 nitrogen and oxygen atoms in total. The quantitative estimate of drug-likeness (QED) is 0.257. The van der Waals surface area contributed by atoms with Gasteiger partial charge in [0.2, 0.25) is 5.88 Å². The van der Waals surface area contributed by atoms with Gasteiger partial charge in [0, 0.05) is 48.9 Å². The van der Waals surface area contributed by atoms with Crippen molar-refractivity contribution in [2.24, 2.45) is 0 Å². The van der Waals surface area contributed by atoms with Gasteiger partial charge in [0.25, 0.3) is 5.91 Å². The second kappa shape index (κ2) is 8.66. The smallest absolute Gasteiger partial charge is 0.335 e. The molecule has 0 radical (unpaired) electrons. The SMILES string of the molecule is CN(C)C(=N)c1ccc(-n2c(O)c3n(c2=O)CCC[C@H]3NC(=O)c2ccc3c(Cl)c[nH]c3c2)cc1. The normalized spacial score (nSPS) is 15.1. The van der Waals surface area contributed by atoms with Crippen LogP contribution < -0.4 is 11.0 Å². The van der Waals surface area contributed by atoms with Crippen LogP contribution in [0.4, 0.5) is 0 Å². The Labute approximate surface area is 206 Å². The molecule has 10 heteroatoms. The molecule has 2 aromatic heterocycles. The van der Waals surface area contributed by atoms with E-state index in [1.165, 1.54) is 9.13 Å². The van der Waals surface area contributed by atoms with Crippen molar-refractivity contribution < 1.29 is 9.90 Å². The van der Waals surface area contributed by atoms with Crippen LogP contribution in [-0.4, -0.2) is 50.0 Å². The number of amides is 1. The van der Waals surface area contributed by atoms with Crippen LogP contribution in [0.1, 0.15) is 40.5 Å². The van der Waals surface area contributed by atoms with Gasteiger partial charge < -0.3 is 20.3 Å². The van der Waals surface area contributed by atoms with Gasteiger partial charge in [-0.2, -0.15) is 0 Å². The first kappa shape index (κ1) is 22.8. The molecule has 0 fully saturated rings. The van der Waals surface area contributed by atoms with Crippen LogP contribution in [0.25, 0.3) is 16.6 Å². The third-order valence-corrected chi connectivity index (χ3v) is 6.72. The van der Waals surface area contributed by atoms with Crippen molar-refractivity contribution in [3.05, 3.63) is 81.0 Å². The molecule has 35 heavy (non-hydrogen) atoms. The molecule has 4 aromatic rings. The first-order valence-electron chi connectivity index (χ1n) is 11.2. The van der Waals surface area contributed by atoms with Crippen LogP contribution in [-0.2, 0) is 6.54 Å². The van der Waals surface area contributed by atoms with Gasteiger partial charge in [0.1, 0.15) is 11.5 Å². The van der Waals surface area contributed by atoms with Crippen molar-refractivity contribution in [2.75, 3.05) is 14.1 Å². The Morgan fingerprint density at radius 3 is 2.63 bits per heavy atom. The number of rotatable bonds is 4. The Morgan fingerprint density at radius 1 is 1.20 bits per heavy atom. The van der Waals surface area contributed by atoms with Crippen molar-refractivity contribution in [1.82, 2.24) is 24.3 Å². The summed E-state index contributed by atoms with van der Waals surface area (Å²) in [4.78, 5) is 31.0.